The molecule has 5 nitrogen and oxygen atoms in total. The molecule has 0 fully saturated rings. The van der Waals surface area contributed by atoms with E-state index in [2.05, 4.69) is 9.71 Å². The van der Waals surface area contributed by atoms with Crippen LogP contribution in [0.5, 0.6) is 0 Å². The number of hydrogen-bond acceptors (Lipinski definition) is 5. The van der Waals surface area contributed by atoms with Crippen molar-refractivity contribution < 1.29 is 8.42 Å². The summed E-state index contributed by atoms with van der Waals surface area (Å²) in [6.45, 7) is 0. The quantitative estimate of drug-likeness (QED) is 0.779. The molecule has 3 rings (SSSR count). The van der Waals surface area contributed by atoms with Gasteiger partial charge in [-0.1, -0.05) is 18.2 Å². The fourth-order valence-corrected chi connectivity index (χ4v) is 4.00. The Morgan fingerprint density at radius 2 is 2.00 bits per heavy atom. The van der Waals surface area contributed by atoms with Gasteiger partial charge in [0.2, 0.25) is 0 Å². The SMILES string of the molecule is Nc1csc(S(=O)(=O)Nc2cccc3cccnc23)c1. The van der Waals surface area contributed by atoms with Gasteiger partial charge in [-0.05, 0) is 18.2 Å². The number of fused-ring (bicyclic) bond motifs is 1. The number of nitrogens with one attached hydrogen (secondary N) is 1. The first-order valence-corrected chi connectivity index (χ1v) is 8.13. The number of para-hydroxylation sites is 1. The average Bonchev–Trinajstić information content (AvgIpc) is 2.86. The topological polar surface area (TPSA) is 85.1 Å². The molecular weight excluding hydrogens is 294 g/mol. The van der Waals surface area contributed by atoms with Crippen molar-refractivity contribution in [1.29, 1.82) is 0 Å². The zero-order valence-electron chi connectivity index (χ0n) is 10.3. The lowest BCUT2D eigenvalue weighted by Crippen LogP contribution is -2.12. The van der Waals surface area contributed by atoms with Gasteiger partial charge in [0.25, 0.3) is 10.0 Å². The first-order chi connectivity index (χ1) is 9.56. The molecule has 102 valence electrons. The van der Waals surface area contributed by atoms with Gasteiger partial charge in [0, 0.05) is 22.7 Å². The Bertz CT molecular complexity index is 867. The van der Waals surface area contributed by atoms with Crippen LogP contribution >= 0.6 is 11.3 Å². The highest BCUT2D eigenvalue weighted by Crippen LogP contribution is 2.27. The molecule has 0 aliphatic carbocycles. The molecule has 0 radical (unpaired) electrons. The molecular formula is C13H11N3O2S2. The van der Waals surface area contributed by atoms with Crippen LogP contribution in [-0.4, -0.2) is 13.4 Å². The summed E-state index contributed by atoms with van der Waals surface area (Å²) in [5.74, 6) is 0. The van der Waals surface area contributed by atoms with Gasteiger partial charge in [0.15, 0.2) is 0 Å². The fraction of sp³-hybridized carbons (Fsp3) is 0. The molecule has 0 amide bonds. The molecule has 0 aliphatic heterocycles. The van der Waals surface area contributed by atoms with E-state index in [0.717, 1.165) is 16.7 Å². The predicted octanol–water partition coefficient (Wildman–Crippen LogP) is 2.68. The first kappa shape index (κ1) is 12.9. The number of hydrogen-bond donors (Lipinski definition) is 2. The maximum Gasteiger partial charge on any atom is 0.271 e. The van der Waals surface area contributed by atoms with E-state index in [1.807, 2.05) is 12.1 Å². The van der Waals surface area contributed by atoms with Crippen molar-refractivity contribution in [2.24, 2.45) is 0 Å². The van der Waals surface area contributed by atoms with Crippen LogP contribution in [0.4, 0.5) is 11.4 Å². The molecule has 0 bridgehead atoms. The third-order valence-corrected chi connectivity index (χ3v) is 5.56. The minimum absolute atomic E-state index is 0.183. The number of pyridine rings is 1. The molecule has 3 N–H and O–H groups in total. The number of nitrogen functional groups attached to an aromatic ring is 1. The van der Waals surface area contributed by atoms with Crippen LogP contribution in [0.2, 0.25) is 0 Å². The van der Waals surface area contributed by atoms with Crippen LogP contribution < -0.4 is 10.5 Å². The Morgan fingerprint density at radius 3 is 2.75 bits per heavy atom. The van der Waals surface area contributed by atoms with Crippen molar-refractivity contribution in [3.63, 3.8) is 0 Å². The van der Waals surface area contributed by atoms with Crippen molar-refractivity contribution in [1.82, 2.24) is 4.98 Å². The predicted molar refractivity (Wildman–Crippen MR) is 81.3 cm³/mol. The standard InChI is InChI=1S/C13H11N3O2S2/c14-10-7-12(19-8-10)20(17,18)16-11-5-1-3-9-4-2-6-15-13(9)11/h1-8,16H,14H2. The second kappa shape index (κ2) is 4.77. The van der Waals surface area contributed by atoms with E-state index in [9.17, 15) is 8.42 Å². The molecule has 0 saturated heterocycles. The van der Waals surface area contributed by atoms with Crippen LogP contribution in [0.3, 0.4) is 0 Å². The van der Waals surface area contributed by atoms with Gasteiger partial charge in [-0.3, -0.25) is 9.71 Å². The van der Waals surface area contributed by atoms with Gasteiger partial charge in [0.05, 0.1) is 11.2 Å². The van der Waals surface area contributed by atoms with Crippen LogP contribution in [0.15, 0.2) is 52.2 Å². The van der Waals surface area contributed by atoms with E-state index in [0.29, 0.717) is 16.9 Å². The van der Waals surface area contributed by atoms with Crippen molar-refractivity contribution in [3.05, 3.63) is 48.0 Å². The summed E-state index contributed by atoms with van der Waals surface area (Å²) in [4.78, 5) is 4.22. The van der Waals surface area contributed by atoms with Gasteiger partial charge >= 0.3 is 0 Å². The molecule has 0 atom stereocenters. The van der Waals surface area contributed by atoms with E-state index in [1.54, 1.807) is 29.8 Å². The summed E-state index contributed by atoms with van der Waals surface area (Å²) in [7, 11) is -3.64. The minimum atomic E-state index is -3.64. The second-order valence-electron chi connectivity index (χ2n) is 4.19. The molecule has 2 heterocycles. The maximum atomic E-state index is 12.3. The molecule has 1 aromatic carbocycles. The number of sulfonamides is 1. The molecule has 20 heavy (non-hydrogen) atoms. The molecule has 0 aliphatic rings. The highest BCUT2D eigenvalue weighted by atomic mass is 32.2. The summed E-state index contributed by atoms with van der Waals surface area (Å²) in [5.41, 5.74) is 7.07. The number of nitrogens with zero attached hydrogens (tertiary/aromatic N) is 1. The van der Waals surface area contributed by atoms with Crippen molar-refractivity contribution >= 4 is 43.6 Å². The summed E-state index contributed by atoms with van der Waals surface area (Å²) in [6, 6.07) is 10.5. The van der Waals surface area contributed by atoms with Gasteiger partial charge in [-0.15, -0.1) is 11.3 Å². The zero-order chi connectivity index (χ0) is 14.2. The van der Waals surface area contributed by atoms with Crippen LogP contribution in [0.1, 0.15) is 0 Å². The number of rotatable bonds is 3. The number of thiophene rings is 1. The van der Waals surface area contributed by atoms with E-state index in [1.165, 1.54) is 6.07 Å². The lowest BCUT2D eigenvalue weighted by Gasteiger charge is -2.08. The number of nitrogens with two attached hydrogens (primary N) is 1. The fourth-order valence-electron chi connectivity index (χ4n) is 1.85. The molecule has 2 aromatic heterocycles. The summed E-state index contributed by atoms with van der Waals surface area (Å²) >= 11 is 1.09. The molecule has 0 unspecified atom stereocenters. The maximum absolute atomic E-state index is 12.3. The van der Waals surface area contributed by atoms with Gasteiger partial charge in [0.1, 0.15) is 4.21 Å². The Balaban J connectivity index is 2.05. The third-order valence-electron chi connectivity index (χ3n) is 2.74. The van der Waals surface area contributed by atoms with E-state index < -0.39 is 10.0 Å². The number of benzene rings is 1. The highest BCUT2D eigenvalue weighted by molar-refractivity contribution is 7.94. The lowest BCUT2D eigenvalue weighted by molar-refractivity contribution is 0.603. The van der Waals surface area contributed by atoms with Crippen LogP contribution in [0.25, 0.3) is 10.9 Å². The minimum Gasteiger partial charge on any atom is -0.398 e. The van der Waals surface area contributed by atoms with Crippen molar-refractivity contribution in [2.75, 3.05) is 10.5 Å². The Hall–Kier alpha value is -2.12. The van der Waals surface area contributed by atoms with Crippen LogP contribution in [-0.2, 0) is 10.0 Å². The average molecular weight is 305 g/mol. The second-order valence-corrected chi connectivity index (χ2v) is 7.01. The van der Waals surface area contributed by atoms with Crippen molar-refractivity contribution in [3.8, 4) is 0 Å². The first-order valence-electron chi connectivity index (χ1n) is 5.77. The van der Waals surface area contributed by atoms with E-state index >= 15 is 0 Å². The van der Waals surface area contributed by atoms with Crippen LogP contribution in [0, 0.1) is 0 Å². The Morgan fingerprint density at radius 1 is 1.20 bits per heavy atom. The zero-order valence-corrected chi connectivity index (χ0v) is 11.9. The van der Waals surface area contributed by atoms with E-state index in [-0.39, 0.29) is 4.21 Å². The summed E-state index contributed by atoms with van der Waals surface area (Å²) in [6.07, 6.45) is 1.63. The third kappa shape index (κ3) is 2.33. The van der Waals surface area contributed by atoms with Gasteiger partial charge < -0.3 is 5.73 Å². The monoisotopic (exact) mass is 305 g/mol. The smallest absolute Gasteiger partial charge is 0.271 e. The lowest BCUT2D eigenvalue weighted by atomic mass is 10.2. The Kier molecular flexibility index (Phi) is 3.07. The van der Waals surface area contributed by atoms with Gasteiger partial charge in [-0.2, -0.15) is 0 Å². The van der Waals surface area contributed by atoms with Crippen molar-refractivity contribution in [2.45, 2.75) is 4.21 Å². The molecule has 0 spiro atoms. The van der Waals surface area contributed by atoms with E-state index in [4.69, 9.17) is 5.73 Å². The summed E-state index contributed by atoms with van der Waals surface area (Å²) < 4.78 is 27.3. The molecule has 7 heteroatoms. The molecule has 3 aromatic rings. The number of aromatic nitrogens is 1. The molecule has 0 saturated carbocycles. The Labute approximate surface area is 120 Å². The summed E-state index contributed by atoms with van der Waals surface area (Å²) in [5, 5.41) is 2.47. The highest BCUT2D eigenvalue weighted by Gasteiger charge is 2.17. The number of anilines is 2. The van der Waals surface area contributed by atoms with Gasteiger partial charge in [-0.25, -0.2) is 8.42 Å². The largest absolute Gasteiger partial charge is 0.398 e. The normalized spacial score (nSPS) is 11.6.